The lowest BCUT2D eigenvalue weighted by Gasteiger charge is -2.37. The second-order valence-corrected chi connectivity index (χ2v) is 7.49. The van der Waals surface area contributed by atoms with Gasteiger partial charge in [-0.2, -0.15) is 0 Å². The van der Waals surface area contributed by atoms with Crippen molar-refractivity contribution in [1.82, 2.24) is 4.90 Å². The first-order valence-corrected chi connectivity index (χ1v) is 8.87. The standard InChI is InChI=1S/C19H27F2NO4/c1-19(2,3)26-18(24)22-9-5-6-13(12-22)17(25-11-10-23)14-7-4-8-15(20)16(14)21/h4,7-8,13,17,23H,5-6,9-12H2,1-3H3. The van der Waals surface area contributed by atoms with Crippen LogP contribution < -0.4 is 0 Å². The van der Waals surface area contributed by atoms with Crippen LogP contribution in [-0.2, 0) is 9.47 Å². The van der Waals surface area contributed by atoms with Crippen molar-refractivity contribution in [3.8, 4) is 0 Å². The molecular formula is C19H27F2NO4. The molecule has 1 aromatic rings. The quantitative estimate of drug-likeness (QED) is 0.858. The summed E-state index contributed by atoms with van der Waals surface area (Å²) in [5.41, 5.74) is -0.500. The normalized spacial score (nSPS) is 19.3. The lowest BCUT2D eigenvalue weighted by Crippen LogP contribution is -2.44. The molecule has 2 unspecified atom stereocenters. The lowest BCUT2D eigenvalue weighted by molar-refractivity contribution is -0.0363. The lowest BCUT2D eigenvalue weighted by atomic mass is 9.88. The van der Waals surface area contributed by atoms with Crippen LogP contribution in [0.25, 0.3) is 0 Å². The van der Waals surface area contributed by atoms with Crippen LogP contribution in [0.5, 0.6) is 0 Å². The number of hydrogen-bond donors (Lipinski definition) is 1. The van der Waals surface area contributed by atoms with Gasteiger partial charge in [0.25, 0.3) is 0 Å². The molecule has 0 radical (unpaired) electrons. The Labute approximate surface area is 152 Å². The number of piperidine rings is 1. The molecule has 1 heterocycles. The second-order valence-electron chi connectivity index (χ2n) is 7.49. The van der Waals surface area contributed by atoms with Gasteiger partial charge in [-0.15, -0.1) is 0 Å². The molecule has 0 aromatic heterocycles. The molecule has 1 aromatic carbocycles. The van der Waals surface area contributed by atoms with Gasteiger partial charge in [-0.05, 0) is 39.7 Å². The molecule has 0 saturated carbocycles. The van der Waals surface area contributed by atoms with E-state index < -0.39 is 29.4 Å². The predicted octanol–water partition coefficient (Wildman–Crippen LogP) is 3.66. The molecule has 1 saturated heterocycles. The molecule has 146 valence electrons. The minimum absolute atomic E-state index is 0.00353. The van der Waals surface area contributed by atoms with Crippen LogP contribution in [0.4, 0.5) is 13.6 Å². The summed E-state index contributed by atoms with van der Waals surface area (Å²) in [6, 6.07) is 3.96. The van der Waals surface area contributed by atoms with Gasteiger partial charge < -0.3 is 19.5 Å². The summed E-state index contributed by atoms with van der Waals surface area (Å²) in [5.74, 6) is -2.12. The predicted molar refractivity (Wildman–Crippen MR) is 92.7 cm³/mol. The van der Waals surface area contributed by atoms with Crippen LogP contribution >= 0.6 is 0 Å². The Morgan fingerprint density at radius 2 is 2.12 bits per heavy atom. The third-order valence-corrected chi connectivity index (χ3v) is 4.21. The zero-order valence-electron chi connectivity index (χ0n) is 15.5. The molecule has 1 aliphatic heterocycles. The van der Waals surface area contributed by atoms with Gasteiger partial charge in [0.05, 0.1) is 19.3 Å². The fourth-order valence-corrected chi connectivity index (χ4v) is 3.15. The van der Waals surface area contributed by atoms with Crippen molar-refractivity contribution in [2.45, 2.75) is 45.3 Å². The minimum Gasteiger partial charge on any atom is -0.444 e. The Morgan fingerprint density at radius 3 is 2.77 bits per heavy atom. The van der Waals surface area contributed by atoms with Crippen LogP contribution in [0.1, 0.15) is 45.3 Å². The van der Waals surface area contributed by atoms with Crippen LogP contribution in [-0.4, -0.2) is 48.0 Å². The molecule has 1 amide bonds. The topological polar surface area (TPSA) is 59.0 Å². The number of likely N-dealkylation sites (tertiary alicyclic amines) is 1. The van der Waals surface area contributed by atoms with E-state index in [2.05, 4.69) is 0 Å². The number of hydrogen-bond acceptors (Lipinski definition) is 4. The number of amides is 1. The number of benzene rings is 1. The van der Waals surface area contributed by atoms with Gasteiger partial charge >= 0.3 is 6.09 Å². The zero-order chi connectivity index (χ0) is 19.3. The summed E-state index contributed by atoms with van der Waals surface area (Å²) < 4.78 is 39.0. The number of carbonyl (C=O) groups excluding carboxylic acids is 1. The Hall–Kier alpha value is -1.73. The van der Waals surface area contributed by atoms with Crippen molar-refractivity contribution in [2.24, 2.45) is 5.92 Å². The van der Waals surface area contributed by atoms with E-state index in [0.717, 1.165) is 6.07 Å². The monoisotopic (exact) mass is 371 g/mol. The highest BCUT2D eigenvalue weighted by atomic mass is 19.2. The van der Waals surface area contributed by atoms with E-state index in [0.29, 0.717) is 25.9 Å². The molecule has 1 N–H and O–H groups in total. The Morgan fingerprint density at radius 1 is 1.38 bits per heavy atom. The average molecular weight is 371 g/mol. The van der Waals surface area contributed by atoms with Crippen molar-refractivity contribution in [2.75, 3.05) is 26.3 Å². The maximum atomic E-state index is 14.3. The smallest absolute Gasteiger partial charge is 0.410 e. The summed E-state index contributed by atoms with van der Waals surface area (Å²) >= 11 is 0. The summed E-state index contributed by atoms with van der Waals surface area (Å²) in [4.78, 5) is 13.9. The molecule has 2 rings (SSSR count). The maximum Gasteiger partial charge on any atom is 0.410 e. The number of carbonyl (C=O) groups is 1. The molecule has 1 fully saturated rings. The SMILES string of the molecule is CC(C)(C)OC(=O)N1CCCC(C(OCCO)c2cccc(F)c2F)C1. The van der Waals surface area contributed by atoms with Crippen molar-refractivity contribution >= 4 is 6.09 Å². The fraction of sp³-hybridized carbons (Fsp3) is 0.632. The molecule has 0 aliphatic carbocycles. The first kappa shape index (κ1) is 20.6. The first-order valence-electron chi connectivity index (χ1n) is 8.87. The number of aliphatic hydroxyl groups excluding tert-OH is 1. The van der Waals surface area contributed by atoms with Gasteiger partial charge in [0.2, 0.25) is 0 Å². The summed E-state index contributed by atoms with van der Waals surface area (Å²) in [6.45, 7) is 6.02. The molecule has 0 spiro atoms. The van der Waals surface area contributed by atoms with Crippen LogP contribution in [0.2, 0.25) is 0 Å². The van der Waals surface area contributed by atoms with E-state index in [1.807, 2.05) is 0 Å². The van der Waals surface area contributed by atoms with Gasteiger partial charge in [-0.3, -0.25) is 0 Å². The molecule has 2 atom stereocenters. The minimum atomic E-state index is -0.954. The molecule has 26 heavy (non-hydrogen) atoms. The molecule has 1 aliphatic rings. The zero-order valence-corrected chi connectivity index (χ0v) is 15.5. The molecule has 7 heteroatoms. The van der Waals surface area contributed by atoms with E-state index in [4.69, 9.17) is 14.6 Å². The number of nitrogens with zero attached hydrogens (tertiary/aromatic N) is 1. The first-order chi connectivity index (χ1) is 12.2. The second kappa shape index (κ2) is 8.77. The van der Waals surface area contributed by atoms with Gasteiger partial charge in [0.15, 0.2) is 11.6 Å². The van der Waals surface area contributed by atoms with Gasteiger partial charge in [-0.25, -0.2) is 13.6 Å². The number of aliphatic hydroxyl groups is 1. The van der Waals surface area contributed by atoms with Gasteiger partial charge in [0.1, 0.15) is 5.60 Å². The van der Waals surface area contributed by atoms with Crippen LogP contribution in [0.3, 0.4) is 0 Å². The molecule has 5 nitrogen and oxygen atoms in total. The Balaban J connectivity index is 2.19. The molecule has 0 bridgehead atoms. The summed E-state index contributed by atoms with van der Waals surface area (Å²) in [6.07, 6.45) is 0.233. The number of ether oxygens (including phenoxy) is 2. The average Bonchev–Trinajstić information content (AvgIpc) is 2.57. The maximum absolute atomic E-state index is 14.3. The summed E-state index contributed by atoms with van der Waals surface area (Å²) in [7, 11) is 0. The van der Waals surface area contributed by atoms with E-state index in [1.165, 1.54) is 12.1 Å². The van der Waals surface area contributed by atoms with Crippen LogP contribution in [0, 0.1) is 17.6 Å². The van der Waals surface area contributed by atoms with Crippen molar-refractivity contribution in [3.05, 3.63) is 35.4 Å². The van der Waals surface area contributed by atoms with E-state index in [1.54, 1.807) is 25.7 Å². The Bertz CT molecular complexity index is 618. The van der Waals surface area contributed by atoms with Crippen molar-refractivity contribution in [1.29, 1.82) is 0 Å². The highest BCUT2D eigenvalue weighted by Crippen LogP contribution is 2.35. The molecular weight excluding hydrogens is 344 g/mol. The van der Waals surface area contributed by atoms with Crippen LogP contribution in [0.15, 0.2) is 18.2 Å². The largest absolute Gasteiger partial charge is 0.444 e. The van der Waals surface area contributed by atoms with E-state index >= 15 is 0 Å². The highest BCUT2D eigenvalue weighted by Gasteiger charge is 2.34. The highest BCUT2D eigenvalue weighted by molar-refractivity contribution is 5.68. The third-order valence-electron chi connectivity index (χ3n) is 4.21. The number of rotatable bonds is 5. The van der Waals surface area contributed by atoms with Gasteiger partial charge in [0, 0.05) is 24.6 Å². The number of halogens is 2. The fourth-order valence-electron chi connectivity index (χ4n) is 3.15. The van der Waals surface area contributed by atoms with Crippen molar-refractivity contribution in [3.63, 3.8) is 0 Å². The Kier molecular flexibility index (Phi) is 6.94. The van der Waals surface area contributed by atoms with Crippen molar-refractivity contribution < 1.29 is 28.2 Å². The van der Waals surface area contributed by atoms with E-state index in [-0.39, 0.29) is 24.7 Å². The van der Waals surface area contributed by atoms with E-state index in [9.17, 15) is 13.6 Å². The van der Waals surface area contributed by atoms with Gasteiger partial charge in [-0.1, -0.05) is 12.1 Å². The summed E-state index contributed by atoms with van der Waals surface area (Å²) in [5, 5.41) is 9.07. The third kappa shape index (κ3) is 5.38.